The molecule has 1 aliphatic heterocycles. The van der Waals surface area contributed by atoms with Crippen molar-refractivity contribution < 1.29 is 4.74 Å². The highest BCUT2D eigenvalue weighted by Crippen LogP contribution is 2.30. The molecule has 0 radical (unpaired) electrons. The van der Waals surface area contributed by atoms with E-state index in [4.69, 9.17) is 4.74 Å². The maximum absolute atomic E-state index is 5.26. The van der Waals surface area contributed by atoms with Crippen molar-refractivity contribution in [1.29, 1.82) is 0 Å². The zero-order chi connectivity index (χ0) is 11.6. The fourth-order valence-corrected chi connectivity index (χ4v) is 1.96. The maximum Gasteiger partial charge on any atom is 0.106 e. The number of epoxide rings is 1. The molecule has 0 aromatic heterocycles. The number of ether oxygens (including phenoxy) is 1. The zero-order valence-corrected chi connectivity index (χ0v) is 10.6. The van der Waals surface area contributed by atoms with Gasteiger partial charge in [-0.3, -0.25) is 0 Å². The van der Waals surface area contributed by atoms with Gasteiger partial charge in [0.15, 0.2) is 0 Å². The zero-order valence-electron chi connectivity index (χ0n) is 10.6. The minimum atomic E-state index is 0.392. The summed E-state index contributed by atoms with van der Waals surface area (Å²) in [6.45, 7) is 7.82. The Morgan fingerprint density at radius 2 is 1.81 bits per heavy atom. The first-order valence-electron chi connectivity index (χ1n) is 6.25. The molecule has 1 unspecified atom stereocenters. The van der Waals surface area contributed by atoms with Gasteiger partial charge in [0.1, 0.15) is 6.10 Å². The highest BCUT2D eigenvalue weighted by molar-refractivity contribution is 5.26. The third-order valence-corrected chi connectivity index (χ3v) is 3.08. The number of rotatable bonds is 4. The van der Waals surface area contributed by atoms with Crippen molar-refractivity contribution in [2.75, 3.05) is 6.61 Å². The molecule has 0 bridgehead atoms. The first kappa shape index (κ1) is 11.7. The van der Waals surface area contributed by atoms with Gasteiger partial charge in [0, 0.05) is 0 Å². The van der Waals surface area contributed by atoms with Gasteiger partial charge in [-0.05, 0) is 35.8 Å². The van der Waals surface area contributed by atoms with E-state index in [1.54, 1.807) is 0 Å². The van der Waals surface area contributed by atoms with Gasteiger partial charge >= 0.3 is 0 Å². The van der Waals surface area contributed by atoms with Crippen molar-refractivity contribution in [3.8, 4) is 0 Å². The summed E-state index contributed by atoms with van der Waals surface area (Å²) in [7, 11) is 0. The van der Waals surface area contributed by atoms with Crippen LogP contribution in [0.1, 0.15) is 50.8 Å². The second-order valence-electron chi connectivity index (χ2n) is 5.98. The molecule has 2 rings (SSSR count). The Morgan fingerprint density at radius 1 is 1.19 bits per heavy atom. The quantitative estimate of drug-likeness (QED) is 0.692. The number of benzene rings is 1. The second-order valence-corrected chi connectivity index (χ2v) is 5.98. The van der Waals surface area contributed by atoms with Crippen molar-refractivity contribution in [3.63, 3.8) is 0 Å². The summed E-state index contributed by atoms with van der Waals surface area (Å²) in [6.07, 6.45) is 4.16. The average molecular weight is 218 g/mol. The topological polar surface area (TPSA) is 12.5 Å². The van der Waals surface area contributed by atoms with Crippen molar-refractivity contribution in [1.82, 2.24) is 0 Å². The summed E-state index contributed by atoms with van der Waals surface area (Å²) in [5, 5.41) is 0. The van der Waals surface area contributed by atoms with Crippen molar-refractivity contribution >= 4 is 0 Å². The summed E-state index contributed by atoms with van der Waals surface area (Å²) >= 11 is 0. The van der Waals surface area contributed by atoms with E-state index in [9.17, 15) is 0 Å². The Kier molecular flexibility index (Phi) is 3.34. The molecule has 0 N–H and O–H groups in total. The Bertz CT molecular complexity index is 327. The van der Waals surface area contributed by atoms with Crippen LogP contribution in [0.3, 0.4) is 0 Å². The molecule has 1 aromatic carbocycles. The fraction of sp³-hybridized carbons (Fsp3) is 0.600. The molecule has 16 heavy (non-hydrogen) atoms. The fourth-order valence-electron chi connectivity index (χ4n) is 1.96. The van der Waals surface area contributed by atoms with Crippen LogP contribution in [0.25, 0.3) is 0 Å². The van der Waals surface area contributed by atoms with E-state index in [1.165, 1.54) is 30.4 Å². The molecule has 1 heterocycles. The Hall–Kier alpha value is -0.820. The Morgan fingerprint density at radius 3 is 2.31 bits per heavy atom. The van der Waals surface area contributed by atoms with Gasteiger partial charge in [-0.2, -0.15) is 0 Å². The first-order chi connectivity index (χ1) is 7.54. The summed E-state index contributed by atoms with van der Waals surface area (Å²) in [5.41, 5.74) is 3.25. The van der Waals surface area contributed by atoms with Crippen LogP contribution in [0.4, 0.5) is 0 Å². The maximum atomic E-state index is 5.26. The molecule has 1 heteroatoms. The number of aryl methyl sites for hydroxylation is 1. The minimum Gasteiger partial charge on any atom is -0.368 e. The number of hydrogen-bond acceptors (Lipinski definition) is 1. The van der Waals surface area contributed by atoms with Gasteiger partial charge in [-0.1, -0.05) is 45.0 Å². The van der Waals surface area contributed by atoms with Crippen LogP contribution >= 0.6 is 0 Å². The van der Waals surface area contributed by atoms with Crippen LogP contribution < -0.4 is 0 Å². The summed E-state index contributed by atoms with van der Waals surface area (Å²) in [6, 6.07) is 8.92. The van der Waals surface area contributed by atoms with Gasteiger partial charge in [-0.25, -0.2) is 0 Å². The Balaban J connectivity index is 1.81. The van der Waals surface area contributed by atoms with Crippen LogP contribution in [0.2, 0.25) is 0 Å². The molecule has 1 atom stereocenters. The molecule has 0 amide bonds. The molecule has 1 aliphatic rings. The van der Waals surface area contributed by atoms with E-state index in [0.29, 0.717) is 11.5 Å². The molecule has 0 aliphatic carbocycles. The van der Waals surface area contributed by atoms with Crippen LogP contribution in [0, 0.1) is 5.41 Å². The van der Waals surface area contributed by atoms with Crippen molar-refractivity contribution in [3.05, 3.63) is 35.4 Å². The third-order valence-electron chi connectivity index (χ3n) is 3.08. The monoisotopic (exact) mass is 218 g/mol. The second kappa shape index (κ2) is 4.58. The summed E-state index contributed by atoms with van der Waals surface area (Å²) < 4.78 is 5.26. The molecular weight excluding hydrogens is 196 g/mol. The highest BCUT2D eigenvalue weighted by Gasteiger charge is 2.24. The van der Waals surface area contributed by atoms with Crippen LogP contribution in [0.5, 0.6) is 0 Å². The van der Waals surface area contributed by atoms with Crippen LogP contribution in [-0.4, -0.2) is 6.61 Å². The predicted octanol–water partition coefficient (Wildman–Crippen LogP) is 4.13. The molecule has 1 aromatic rings. The van der Waals surface area contributed by atoms with E-state index in [1.807, 2.05) is 0 Å². The molecule has 0 spiro atoms. The van der Waals surface area contributed by atoms with Gasteiger partial charge in [0.25, 0.3) is 0 Å². The third kappa shape index (κ3) is 3.64. The van der Waals surface area contributed by atoms with Crippen molar-refractivity contribution in [2.24, 2.45) is 5.41 Å². The van der Waals surface area contributed by atoms with E-state index in [2.05, 4.69) is 45.0 Å². The van der Waals surface area contributed by atoms with Gasteiger partial charge in [0.05, 0.1) is 6.61 Å². The van der Waals surface area contributed by atoms with E-state index >= 15 is 0 Å². The molecular formula is C15H22O. The lowest BCUT2D eigenvalue weighted by Gasteiger charge is -2.17. The largest absolute Gasteiger partial charge is 0.368 e. The predicted molar refractivity (Wildman–Crippen MR) is 67.5 cm³/mol. The number of hydrogen-bond donors (Lipinski definition) is 0. The Labute approximate surface area is 98.8 Å². The van der Waals surface area contributed by atoms with E-state index in [0.717, 1.165) is 6.61 Å². The van der Waals surface area contributed by atoms with Crippen LogP contribution in [-0.2, 0) is 11.2 Å². The first-order valence-corrected chi connectivity index (χ1v) is 6.25. The lowest BCUT2D eigenvalue weighted by atomic mass is 9.89. The van der Waals surface area contributed by atoms with E-state index < -0.39 is 0 Å². The molecule has 1 nitrogen and oxygen atoms in total. The van der Waals surface area contributed by atoms with E-state index in [-0.39, 0.29) is 0 Å². The molecule has 88 valence electrons. The highest BCUT2D eigenvalue weighted by atomic mass is 16.6. The normalized spacial score (nSPS) is 19.8. The molecule has 1 saturated heterocycles. The van der Waals surface area contributed by atoms with Gasteiger partial charge in [0.2, 0.25) is 0 Å². The lowest BCUT2D eigenvalue weighted by Crippen LogP contribution is -2.04. The van der Waals surface area contributed by atoms with Crippen LogP contribution in [0.15, 0.2) is 24.3 Å². The van der Waals surface area contributed by atoms with Crippen molar-refractivity contribution in [2.45, 2.75) is 46.1 Å². The summed E-state index contributed by atoms with van der Waals surface area (Å²) in [4.78, 5) is 0. The molecule has 1 fully saturated rings. The smallest absolute Gasteiger partial charge is 0.106 e. The standard InChI is InChI=1S/C15H22O/c1-15(2,3)10-4-5-12-6-8-13(9-7-12)14-11-16-14/h6-9,14H,4-5,10-11H2,1-3H3. The molecule has 0 saturated carbocycles. The van der Waals surface area contributed by atoms with Gasteiger partial charge in [-0.15, -0.1) is 0 Å². The minimum absolute atomic E-state index is 0.392. The average Bonchev–Trinajstić information content (AvgIpc) is 3.00. The lowest BCUT2D eigenvalue weighted by molar-refractivity contribution is 0.365. The SMILES string of the molecule is CC(C)(C)CCCc1ccc(C2CO2)cc1. The summed E-state index contributed by atoms with van der Waals surface area (Å²) in [5.74, 6) is 0. The van der Waals surface area contributed by atoms with Gasteiger partial charge < -0.3 is 4.74 Å².